The summed E-state index contributed by atoms with van der Waals surface area (Å²) in [7, 11) is 1.49. The van der Waals surface area contributed by atoms with Crippen molar-refractivity contribution < 1.29 is 24.3 Å². The Morgan fingerprint density at radius 2 is 2.06 bits per heavy atom. The Kier molecular flexibility index (Phi) is 6.73. The molecule has 1 aromatic carbocycles. The molecule has 31 heavy (non-hydrogen) atoms. The molecule has 2 heterocycles. The summed E-state index contributed by atoms with van der Waals surface area (Å²) in [6.45, 7) is 1.47. The molecular formula is C21H22N5O5+. The Hall–Kier alpha value is -4.05. The summed E-state index contributed by atoms with van der Waals surface area (Å²) in [5.74, 6) is 0.347. The number of aromatic nitrogens is 3. The van der Waals surface area contributed by atoms with Crippen molar-refractivity contribution in [2.75, 3.05) is 12.4 Å². The fourth-order valence-corrected chi connectivity index (χ4v) is 2.93. The zero-order valence-corrected chi connectivity index (χ0v) is 16.9. The molecule has 0 aliphatic heterocycles. The summed E-state index contributed by atoms with van der Waals surface area (Å²) in [6, 6.07) is 5.49. The van der Waals surface area contributed by atoms with E-state index in [9.17, 15) is 9.90 Å². The molecule has 1 unspecified atom stereocenters. The lowest BCUT2D eigenvalue weighted by Crippen LogP contribution is -2.28. The maximum absolute atomic E-state index is 13.3. The van der Waals surface area contributed by atoms with Gasteiger partial charge >= 0.3 is 0 Å². The quantitative estimate of drug-likeness (QED) is 0.266. The number of allylic oxidation sites excluding steroid dienone is 1. The van der Waals surface area contributed by atoms with Gasteiger partial charge in [-0.3, -0.25) is 10.2 Å². The third-order valence-electron chi connectivity index (χ3n) is 4.43. The largest absolute Gasteiger partial charge is 0.598 e. The minimum absolute atomic E-state index is 0.0688. The van der Waals surface area contributed by atoms with Gasteiger partial charge in [-0.1, -0.05) is 5.16 Å². The van der Waals surface area contributed by atoms with Crippen molar-refractivity contribution >= 4 is 22.8 Å². The van der Waals surface area contributed by atoms with Gasteiger partial charge in [0.15, 0.2) is 0 Å². The normalized spacial score (nSPS) is 12.3. The van der Waals surface area contributed by atoms with Crippen molar-refractivity contribution in [3.05, 3.63) is 71.8 Å². The first-order valence-corrected chi connectivity index (χ1v) is 9.21. The number of anilines is 1. The molecule has 0 aliphatic rings. The summed E-state index contributed by atoms with van der Waals surface area (Å²) in [5.41, 5.74) is 1.36. The van der Waals surface area contributed by atoms with E-state index in [2.05, 4.69) is 20.4 Å². The summed E-state index contributed by atoms with van der Waals surface area (Å²) >= 11 is 0. The molecule has 3 rings (SSSR count). The van der Waals surface area contributed by atoms with Gasteiger partial charge in [0.2, 0.25) is 12.0 Å². The Bertz CT molecular complexity index is 1090. The molecule has 0 spiro atoms. The highest BCUT2D eigenvalue weighted by Gasteiger charge is 2.30. The molecule has 1 atom stereocenters. The van der Waals surface area contributed by atoms with Crippen LogP contribution >= 0.6 is 0 Å². The fraction of sp³-hybridized carbons (Fsp3) is 0.190. The van der Waals surface area contributed by atoms with Crippen LogP contribution in [-0.4, -0.2) is 43.9 Å². The predicted octanol–water partition coefficient (Wildman–Crippen LogP) is 1.78. The molecule has 0 fully saturated rings. The van der Waals surface area contributed by atoms with Crippen LogP contribution in [0.1, 0.15) is 28.6 Å². The molecule has 0 bridgehead atoms. The Balaban J connectivity index is 1.98. The van der Waals surface area contributed by atoms with Crippen LogP contribution < -0.4 is 10.1 Å². The van der Waals surface area contributed by atoms with Crippen LogP contribution in [0.3, 0.4) is 0 Å². The number of benzene rings is 1. The Labute approximate surface area is 177 Å². The second-order valence-electron chi connectivity index (χ2n) is 6.59. The molecular weight excluding hydrogens is 402 g/mol. The van der Waals surface area contributed by atoms with Gasteiger partial charge in [-0.15, -0.1) is 0 Å². The van der Waals surface area contributed by atoms with E-state index in [-0.39, 0.29) is 17.9 Å². The maximum Gasteiger partial charge on any atom is 0.226 e. The number of hydrogen-bond acceptors (Lipinski definition) is 9. The number of aliphatic hydroxyl groups is 1. The van der Waals surface area contributed by atoms with Crippen molar-refractivity contribution in [1.82, 2.24) is 15.1 Å². The molecule has 10 nitrogen and oxygen atoms in total. The van der Waals surface area contributed by atoms with Crippen molar-refractivity contribution in [2.45, 2.75) is 19.6 Å². The van der Waals surface area contributed by atoms with Crippen LogP contribution in [0.25, 0.3) is 5.57 Å². The number of nitrogens with one attached hydrogen (secondary N) is 2. The molecule has 3 aromatic rings. The maximum atomic E-state index is 13.3. The predicted molar refractivity (Wildman–Crippen MR) is 113 cm³/mol. The fourth-order valence-electron chi connectivity index (χ4n) is 2.93. The number of hydrogen-bond donors (Lipinski definition) is 3. The second-order valence-corrected chi connectivity index (χ2v) is 6.59. The van der Waals surface area contributed by atoms with E-state index in [0.717, 1.165) is 6.26 Å². The molecule has 0 saturated carbocycles. The van der Waals surface area contributed by atoms with E-state index in [1.165, 1.54) is 25.8 Å². The first kappa shape index (κ1) is 21.7. The number of ketones is 1. The lowest BCUT2D eigenvalue weighted by Gasteiger charge is -2.18. The third-order valence-corrected chi connectivity index (χ3v) is 4.43. The minimum Gasteiger partial charge on any atom is -0.598 e. The smallest absolute Gasteiger partial charge is 0.226 e. The van der Waals surface area contributed by atoms with Gasteiger partial charge in [-0.25, -0.2) is 9.97 Å². The van der Waals surface area contributed by atoms with Gasteiger partial charge in [-0.2, -0.15) is 0 Å². The SMILES string of the molecule is COc1cc(CO)cc(NC(C(=O)C(=N)/C(=C\[OH2+])c2cncnc2)c2cc(C)on2)c1. The second kappa shape index (κ2) is 9.63. The van der Waals surface area contributed by atoms with Crippen LogP contribution in [0, 0.1) is 12.3 Å². The molecule has 10 heteroatoms. The topological polar surface area (TPSA) is 157 Å². The van der Waals surface area contributed by atoms with Crippen LogP contribution in [0.5, 0.6) is 5.75 Å². The van der Waals surface area contributed by atoms with Gasteiger partial charge in [0.25, 0.3) is 0 Å². The van der Waals surface area contributed by atoms with Crippen LogP contribution in [0.2, 0.25) is 0 Å². The van der Waals surface area contributed by atoms with E-state index >= 15 is 0 Å². The van der Waals surface area contributed by atoms with Crippen LogP contribution in [0.15, 0.2) is 53.8 Å². The molecule has 0 radical (unpaired) electrons. The first-order valence-electron chi connectivity index (χ1n) is 9.21. The van der Waals surface area contributed by atoms with Gasteiger partial charge in [0.05, 0.1) is 13.7 Å². The molecule has 5 N–H and O–H groups in total. The molecule has 0 amide bonds. The number of methoxy groups -OCH3 is 1. The number of aryl methyl sites for hydroxylation is 1. The summed E-state index contributed by atoms with van der Waals surface area (Å²) in [4.78, 5) is 21.1. The van der Waals surface area contributed by atoms with Gasteiger partial charge < -0.3 is 24.8 Å². The highest BCUT2D eigenvalue weighted by molar-refractivity contribution is 6.56. The van der Waals surface area contributed by atoms with Crippen molar-refractivity contribution in [1.29, 1.82) is 5.41 Å². The summed E-state index contributed by atoms with van der Waals surface area (Å²) in [6.07, 6.45) is 5.08. The van der Waals surface area contributed by atoms with Crippen molar-refractivity contribution in [3.8, 4) is 5.75 Å². The van der Waals surface area contributed by atoms with Crippen molar-refractivity contribution in [3.63, 3.8) is 0 Å². The highest BCUT2D eigenvalue weighted by atomic mass is 16.5. The van der Waals surface area contributed by atoms with Gasteiger partial charge in [-0.05, 0) is 24.6 Å². The monoisotopic (exact) mass is 424 g/mol. The van der Waals surface area contributed by atoms with Crippen LogP contribution in [0.4, 0.5) is 5.69 Å². The van der Waals surface area contributed by atoms with Crippen molar-refractivity contribution in [2.24, 2.45) is 0 Å². The highest BCUT2D eigenvalue weighted by Crippen LogP contribution is 2.27. The molecule has 160 valence electrons. The van der Waals surface area contributed by atoms with E-state index in [1.54, 1.807) is 31.2 Å². The van der Waals surface area contributed by atoms with E-state index < -0.39 is 17.5 Å². The lowest BCUT2D eigenvalue weighted by molar-refractivity contribution is -0.113. The number of aliphatic hydroxyl groups excluding tert-OH is 1. The van der Waals surface area contributed by atoms with Gasteiger partial charge in [0.1, 0.15) is 40.9 Å². The Morgan fingerprint density at radius 3 is 2.65 bits per heavy atom. The number of rotatable bonds is 9. The van der Waals surface area contributed by atoms with Gasteiger partial charge in [0, 0.05) is 35.8 Å². The van der Waals surface area contributed by atoms with E-state index in [4.69, 9.17) is 19.8 Å². The number of nitrogens with zero attached hydrogens (tertiary/aromatic N) is 3. The zero-order chi connectivity index (χ0) is 22.4. The molecule has 0 aliphatic carbocycles. The number of carbonyl (C=O) groups excluding carboxylic acids is 1. The van der Waals surface area contributed by atoms with Crippen LogP contribution in [-0.2, 0) is 11.4 Å². The lowest BCUT2D eigenvalue weighted by atomic mass is 9.96. The third kappa shape index (κ3) is 4.93. The molecule has 2 aromatic heterocycles. The van der Waals surface area contributed by atoms with E-state index in [0.29, 0.717) is 28.3 Å². The summed E-state index contributed by atoms with van der Waals surface area (Å²) < 4.78 is 10.4. The average Bonchev–Trinajstić information content (AvgIpc) is 3.23. The average molecular weight is 424 g/mol. The first-order chi connectivity index (χ1) is 15.0. The number of ether oxygens (including phenoxy) is 1. The summed E-state index contributed by atoms with van der Waals surface area (Å²) in [5, 5.41) is 32.6. The Morgan fingerprint density at radius 1 is 1.32 bits per heavy atom. The molecule has 0 saturated heterocycles. The zero-order valence-electron chi connectivity index (χ0n) is 16.9. The number of carbonyl (C=O) groups is 1. The van der Waals surface area contributed by atoms with E-state index in [1.807, 2.05) is 0 Å². The minimum atomic E-state index is -1.08. The number of Topliss-reactive ketones (excluding diaryl/α,β-unsaturated/α-hetero) is 1. The standard InChI is InChI=1S/C21H21N5O5/c1-12-3-18(26-31-12)20(25-15-4-13(9-27)5-16(6-15)30-2)21(29)19(22)17(10-28)14-7-23-11-24-8-14/h3-8,10-11,20,22,25,27-28H,9H2,1-2H3/p+1/b17-10-,22-19?.